The van der Waals surface area contributed by atoms with E-state index >= 15 is 0 Å². The van der Waals surface area contributed by atoms with Gasteiger partial charge in [-0.1, -0.05) is 0 Å². The maximum absolute atomic E-state index is 9.37. The van der Waals surface area contributed by atoms with Crippen LogP contribution in [-0.2, 0) is 16.1 Å². The Balaban J connectivity index is 1.38. The van der Waals surface area contributed by atoms with E-state index in [4.69, 9.17) is 0 Å². The van der Waals surface area contributed by atoms with E-state index in [-0.39, 0.29) is 19.2 Å². The van der Waals surface area contributed by atoms with Gasteiger partial charge in [0.25, 0.3) is 0 Å². The van der Waals surface area contributed by atoms with Crippen LogP contribution < -0.4 is 13.7 Å². The molecular formula is C54H55Cl2HfSi. The first kappa shape index (κ1) is 39.9. The summed E-state index contributed by atoms with van der Waals surface area (Å²) in [6.45, 7) is 23.0. The van der Waals surface area contributed by atoms with Gasteiger partial charge in [0.05, 0.1) is 0 Å². The standard InChI is InChI=1S/2C21H23.C12H9Si.2ClH.Hf/c2*1-13(2)18-11-17-7-6-8-20(21(17)12-18)19-10-9-14(3)15(4)16(19)5;1-3-7-11-9(5-1)10-6-2-4-8-12(10)13-11;;;/h2*6-13H,1-5H3;1-7H,13H2;2*1H;/q;;;;;+2/p-2. The third-order valence-electron chi connectivity index (χ3n) is 14.6. The summed E-state index contributed by atoms with van der Waals surface area (Å²) in [5.74, 6) is 0.504. The van der Waals surface area contributed by atoms with Gasteiger partial charge in [-0.05, 0) is 0 Å². The average Bonchev–Trinajstić information content (AvgIpc) is 3.92. The Morgan fingerprint density at radius 3 is 1.41 bits per heavy atom. The number of benzene rings is 6. The van der Waals surface area contributed by atoms with Gasteiger partial charge in [0, 0.05) is 0 Å². The van der Waals surface area contributed by atoms with Crippen LogP contribution in [0.2, 0.25) is 0 Å². The number of aryl methyl sites for hydroxylation is 2. The van der Waals surface area contributed by atoms with Crippen molar-refractivity contribution in [3.8, 4) is 33.4 Å². The van der Waals surface area contributed by atoms with Gasteiger partial charge in [0.15, 0.2) is 0 Å². The third kappa shape index (κ3) is 5.75. The summed E-state index contributed by atoms with van der Waals surface area (Å²) < 4.78 is 1.10. The minimum absolute atomic E-state index is 0.101. The average molecular weight is 982 g/mol. The Bertz CT molecular complexity index is 2640. The molecule has 58 heavy (non-hydrogen) atoms. The van der Waals surface area contributed by atoms with Crippen molar-refractivity contribution in [2.24, 2.45) is 11.8 Å². The summed E-state index contributed by atoms with van der Waals surface area (Å²) >= 11 is -5.83. The van der Waals surface area contributed by atoms with E-state index in [2.05, 4.69) is 185 Å². The van der Waals surface area contributed by atoms with Crippen molar-refractivity contribution in [2.45, 2.75) is 76.6 Å². The molecule has 0 N–H and O–H groups in total. The first-order valence-electron chi connectivity index (χ1n) is 21.2. The van der Waals surface area contributed by atoms with E-state index in [9.17, 15) is 17.2 Å². The molecule has 1 heterocycles. The van der Waals surface area contributed by atoms with Gasteiger partial charge in [-0.25, -0.2) is 0 Å². The zero-order chi connectivity index (χ0) is 41.0. The van der Waals surface area contributed by atoms with Crippen LogP contribution >= 0.6 is 17.2 Å². The first-order chi connectivity index (χ1) is 27.6. The number of fused-ring (bicyclic) bond motifs is 5. The molecule has 6 aromatic carbocycles. The van der Waals surface area contributed by atoms with Gasteiger partial charge in [0.1, 0.15) is 0 Å². The SMILES string of the molecule is Cc1ccc(-c2cccc3c2C=C(C(C)C)[CH]3[Hf]([Cl])([Cl])([c]2cccc3c2[SiH2]c2ccccc2-3)[CH]2C(C(C)C)=Cc3c(-c4ccc(C)c(C)c4C)cccc32)c(C)c1C. The van der Waals surface area contributed by atoms with Crippen LogP contribution in [0.5, 0.6) is 0 Å². The molecule has 1 aliphatic heterocycles. The number of hydrogen-bond acceptors (Lipinski definition) is 0. The van der Waals surface area contributed by atoms with Crippen LogP contribution in [0.15, 0.2) is 114 Å². The Morgan fingerprint density at radius 2 is 0.914 bits per heavy atom. The number of hydrogen-bond donors (Lipinski definition) is 0. The van der Waals surface area contributed by atoms with Gasteiger partial charge in [-0.3, -0.25) is 0 Å². The molecule has 0 saturated heterocycles. The molecule has 0 saturated carbocycles. The molecule has 293 valence electrons. The van der Waals surface area contributed by atoms with Crippen molar-refractivity contribution in [1.82, 2.24) is 0 Å². The maximum atomic E-state index is 9.37. The first-order valence-corrected chi connectivity index (χ1v) is 37.5. The van der Waals surface area contributed by atoms with E-state index in [1.165, 1.54) is 114 Å². The summed E-state index contributed by atoms with van der Waals surface area (Å²) in [4.78, 5) is 0. The molecule has 0 aromatic heterocycles. The fraction of sp³-hybridized carbons (Fsp3) is 0.259. The van der Waals surface area contributed by atoms with E-state index in [0.29, 0.717) is 0 Å². The summed E-state index contributed by atoms with van der Waals surface area (Å²) in [6.07, 6.45) is 5.04. The Morgan fingerprint density at radius 1 is 0.466 bits per heavy atom. The summed E-state index contributed by atoms with van der Waals surface area (Å²) in [7, 11) is 17.9. The van der Waals surface area contributed by atoms with Crippen molar-refractivity contribution in [1.29, 1.82) is 0 Å². The normalized spacial score (nSPS) is 17.9. The van der Waals surface area contributed by atoms with Crippen LogP contribution in [0.4, 0.5) is 0 Å². The molecule has 9 rings (SSSR count). The zero-order valence-corrected chi connectivity index (χ0v) is 42.3. The number of rotatable bonds is 7. The van der Waals surface area contributed by atoms with Gasteiger partial charge in [-0.15, -0.1) is 0 Å². The number of allylic oxidation sites excluding steroid dienone is 2. The molecule has 0 fully saturated rings. The third-order valence-corrected chi connectivity index (χ3v) is 46.1. The van der Waals surface area contributed by atoms with Crippen molar-refractivity contribution in [3.05, 3.63) is 170 Å². The number of halogens is 2. The van der Waals surface area contributed by atoms with Crippen LogP contribution in [0.25, 0.3) is 45.5 Å². The molecule has 0 bridgehead atoms. The molecule has 0 nitrogen and oxygen atoms in total. The Kier molecular flexibility index (Phi) is 9.84. The fourth-order valence-corrected chi connectivity index (χ4v) is 50.6. The van der Waals surface area contributed by atoms with Crippen LogP contribution in [0.3, 0.4) is 0 Å². The second kappa shape index (κ2) is 14.3. The molecule has 2 aliphatic carbocycles. The van der Waals surface area contributed by atoms with E-state index in [0.717, 1.165) is 0 Å². The monoisotopic (exact) mass is 981 g/mol. The minimum atomic E-state index is -5.83. The van der Waals surface area contributed by atoms with E-state index < -0.39 is 25.7 Å². The fourth-order valence-electron chi connectivity index (χ4n) is 11.1. The zero-order valence-electron chi connectivity index (χ0n) is 35.7. The molecule has 0 radical (unpaired) electrons. The summed E-state index contributed by atoms with van der Waals surface area (Å²) in [5, 5.41) is 2.97. The van der Waals surface area contributed by atoms with Crippen molar-refractivity contribution < 1.29 is 16.1 Å². The quantitative estimate of drug-likeness (QED) is 0.140. The molecule has 0 amide bonds. The van der Waals surface area contributed by atoms with Crippen molar-refractivity contribution in [2.75, 3.05) is 0 Å². The molecule has 2 atom stereocenters. The Labute approximate surface area is 357 Å². The Hall–Kier alpha value is -3.53. The van der Waals surface area contributed by atoms with Crippen LogP contribution in [0.1, 0.15) is 90.7 Å². The van der Waals surface area contributed by atoms with Crippen LogP contribution in [0, 0.1) is 53.4 Å². The van der Waals surface area contributed by atoms with Gasteiger partial charge in [-0.2, -0.15) is 0 Å². The second-order valence-electron chi connectivity index (χ2n) is 18.3. The predicted molar refractivity (Wildman–Crippen MR) is 254 cm³/mol. The van der Waals surface area contributed by atoms with Crippen molar-refractivity contribution in [3.63, 3.8) is 0 Å². The summed E-state index contributed by atoms with van der Waals surface area (Å²) in [6, 6.07) is 39.3. The molecule has 0 spiro atoms. The predicted octanol–water partition coefficient (Wildman–Crippen LogP) is 13.2. The van der Waals surface area contributed by atoms with Gasteiger partial charge in [0.2, 0.25) is 0 Å². The molecular weight excluding hydrogens is 926 g/mol. The topological polar surface area (TPSA) is 0 Å². The molecule has 6 aromatic rings. The molecule has 3 aliphatic rings. The van der Waals surface area contributed by atoms with Gasteiger partial charge < -0.3 is 0 Å². The molecule has 2 unspecified atom stereocenters. The van der Waals surface area contributed by atoms with Crippen molar-refractivity contribution >= 4 is 52.5 Å². The van der Waals surface area contributed by atoms with Gasteiger partial charge >= 0.3 is 360 Å². The van der Waals surface area contributed by atoms with E-state index in [1.54, 1.807) is 0 Å². The second-order valence-corrected chi connectivity index (χ2v) is 49.4. The van der Waals surface area contributed by atoms with Crippen LogP contribution in [-0.4, -0.2) is 9.52 Å². The molecule has 4 heteroatoms. The summed E-state index contributed by atoms with van der Waals surface area (Å²) in [5.41, 5.74) is 23.9. The van der Waals surface area contributed by atoms with E-state index in [1.807, 2.05) is 0 Å².